The maximum absolute atomic E-state index is 16.8. The molecule has 334 valence electrons. The molecule has 1 nitrogen and oxygen atoms in total. The number of hydrogen-bond donors (Lipinski definition) is 1. The molecule has 0 aliphatic rings. The minimum Gasteiger partial charge on any atom is -0.206 e. The van der Waals surface area contributed by atoms with Crippen molar-refractivity contribution in [3.63, 3.8) is 0 Å². The fourth-order valence-corrected chi connectivity index (χ4v) is 31.6. The van der Waals surface area contributed by atoms with Crippen molar-refractivity contribution >= 4 is 62.5 Å². The average molecular weight is 909 g/mol. The molecule has 0 atom stereocenters. The Hall–Kier alpha value is -2.79. The van der Waals surface area contributed by atoms with Crippen molar-refractivity contribution < 1.29 is 8.78 Å². The van der Waals surface area contributed by atoms with Gasteiger partial charge in [-0.25, -0.2) is 8.78 Å². The fourth-order valence-electron chi connectivity index (χ4n) is 9.90. The molecule has 0 amide bonds. The predicted octanol–water partition coefficient (Wildman–Crippen LogP) is 14.8. The number of hydrogen-bond acceptors (Lipinski definition) is 1. The van der Waals surface area contributed by atoms with E-state index < -0.39 is 30.9 Å². The monoisotopic (exact) mass is 909 g/mol. The molecule has 0 aliphatic heterocycles. The molecule has 0 heterocycles. The van der Waals surface area contributed by atoms with E-state index in [2.05, 4.69) is 125 Å². The second-order valence-corrected chi connectivity index (χ2v) is 34.4. The van der Waals surface area contributed by atoms with Gasteiger partial charge in [0.15, 0.2) is 14.7 Å². The van der Waals surface area contributed by atoms with E-state index in [4.69, 9.17) is 0 Å². The minimum absolute atomic E-state index is 0.267. The lowest BCUT2D eigenvalue weighted by Crippen LogP contribution is -2.48. The third kappa shape index (κ3) is 12.3. The normalized spacial score (nSPS) is 12.3. The van der Waals surface area contributed by atoms with Crippen LogP contribution in [0.4, 0.5) is 8.78 Å². The molecule has 0 saturated carbocycles. The van der Waals surface area contributed by atoms with Gasteiger partial charge in [0.2, 0.25) is 0 Å². The highest BCUT2D eigenvalue weighted by Crippen LogP contribution is 2.78. The van der Waals surface area contributed by atoms with Gasteiger partial charge in [-0.2, -0.15) is 5.09 Å². The van der Waals surface area contributed by atoms with Crippen LogP contribution in [-0.2, 0) is 6.54 Å². The maximum atomic E-state index is 16.8. The molecule has 0 spiro atoms. The van der Waals surface area contributed by atoms with Crippen molar-refractivity contribution in [1.82, 2.24) is 5.09 Å². The van der Waals surface area contributed by atoms with Gasteiger partial charge in [-0.1, -0.05) is 244 Å². The van der Waals surface area contributed by atoms with E-state index in [0.29, 0.717) is 17.2 Å². The van der Waals surface area contributed by atoms with Crippen LogP contribution in [0.15, 0.2) is 127 Å². The van der Waals surface area contributed by atoms with E-state index in [0.717, 1.165) is 5.56 Å². The van der Waals surface area contributed by atoms with Crippen LogP contribution in [-0.4, -0.2) is 16.1 Å². The molecule has 0 unspecified atom stereocenters. The summed E-state index contributed by atoms with van der Waals surface area (Å²) in [6, 6.07) is 52.6. The van der Waals surface area contributed by atoms with Gasteiger partial charge in [0.1, 0.15) is 22.2 Å². The van der Waals surface area contributed by atoms with E-state index in [1.54, 1.807) is 34.6 Å². The Bertz CT molecular complexity index is 1860. The van der Waals surface area contributed by atoms with Gasteiger partial charge in [0, 0.05) is 0 Å². The van der Waals surface area contributed by atoms with E-state index in [1.165, 1.54) is 124 Å². The topological polar surface area (TPSA) is 12.0 Å². The van der Waals surface area contributed by atoms with Crippen LogP contribution in [0, 0.1) is 11.6 Å². The molecule has 1 N–H and O–H groups in total. The van der Waals surface area contributed by atoms with Gasteiger partial charge in [-0.05, 0) is 54.1 Å². The van der Waals surface area contributed by atoms with E-state index in [1.807, 2.05) is 24.3 Å². The van der Waals surface area contributed by atoms with E-state index in [-0.39, 0.29) is 11.6 Å². The number of benzene rings is 5. The van der Waals surface area contributed by atoms with Crippen molar-refractivity contribution in [3.05, 3.63) is 145 Å². The standard InChI is InChI=1S/C55H78F2NP2Si2/c1-7-13-40-61(41-14-8-2,42-15-9-3)50-36-32-48(33-37-50)60(58-46-47-26-20-19-21-27-47,59(54-30-24-22-28-52(54)56)55-31-25-23-29-53(55)57)49-34-38-51(39-35-49)62(43-16-10-4,44-17-11-5)45-18-12-6/h19-39,58H,7-18,40-46H2,1-6H3/q+1. The number of halogens is 2. The second-order valence-electron chi connectivity index (χ2n) is 17.9. The summed E-state index contributed by atoms with van der Waals surface area (Å²) in [5.41, 5.74) is 1.16. The number of rotatable bonds is 28. The molecule has 5 aromatic rings. The third-order valence-corrected chi connectivity index (χ3v) is 34.4. The zero-order valence-corrected chi connectivity index (χ0v) is 43.0. The summed E-state index contributed by atoms with van der Waals surface area (Å²) in [7, 11) is -8.17. The summed E-state index contributed by atoms with van der Waals surface area (Å²) in [6.45, 7) is 14.6. The summed E-state index contributed by atoms with van der Waals surface area (Å²) in [5.74, 6) is -0.535. The zero-order valence-electron chi connectivity index (χ0n) is 39.2. The van der Waals surface area contributed by atoms with Crippen LogP contribution in [0.3, 0.4) is 0 Å². The molecule has 62 heavy (non-hydrogen) atoms. The Morgan fingerprint density at radius 1 is 0.419 bits per heavy atom. The van der Waals surface area contributed by atoms with Crippen molar-refractivity contribution in [2.24, 2.45) is 0 Å². The highest BCUT2D eigenvalue weighted by atomic mass is 32.1. The lowest BCUT2D eigenvalue weighted by atomic mass is 10.2. The highest BCUT2D eigenvalue weighted by molar-refractivity contribution is 8.49. The average Bonchev–Trinajstić information content (AvgIpc) is 3.31. The molecule has 0 radical (unpaired) electrons. The lowest BCUT2D eigenvalue weighted by molar-refractivity contribution is 0.634. The Kier molecular flexibility index (Phi) is 20.8. The Balaban J connectivity index is 1.86. The lowest BCUT2D eigenvalue weighted by Gasteiger charge is -2.37. The van der Waals surface area contributed by atoms with Gasteiger partial charge < -0.3 is 0 Å². The molecule has 0 bridgehead atoms. The van der Waals surface area contributed by atoms with Crippen LogP contribution in [0.25, 0.3) is 0 Å². The first-order chi connectivity index (χ1) is 30.3. The Morgan fingerprint density at radius 3 is 1.06 bits per heavy atom. The molecule has 5 aromatic carbocycles. The number of unbranched alkanes of at least 4 members (excludes halogenated alkanes) is 6. The summed E-state index contributed by atoms with van der Waals surface area (Å²) >= 11 is 0. The Morgan fingerprint density at radius 2 is 0.742 bits per heavy atom. The second kappa shape index (κ2) is 25.6. The molecule has 0 aliphatic carbocycles. The molecule has 0 fully saturated rings. The van der Waals surface area contributed by atoms with Crippen LogP contribution in [0.5, 0.6) is 0 Å². The Labute approximate surface area is 380 Å². The molecular weight excluding hydrogens is 831 g/mol. The van der Waals surface area contributed by atoms with E-state index >= 15 is 8.78 Å². The summed E-state index contributed by atoms with van der Waals surface area (Å²) < 4.78 is 33.7. The summed E-state index contributed by atoms with van der Waals surface area (Å²) in [6.07, 6.45) is 14.9. The smallest absolute Gasteiger partial charge is 0.173 e. The summed E-state index contributed by atoms with van der Waals surface area (Å²) in [4.78, 5) is 0. The van der Waals surface area contributed by atoms with Gasteiger partial charge in [0.05, 0.1) is 33.3 Å². The van der Waals surface area contributed by atoms with Crippen molar-refractivity contribution in [3.8, 4) is 0 Å². The largest absolute Gasteiger partial charge is 0.206 e. The van der Waals surface area contributed by atoms with E-state index in [9.17, 15) is 0 Å². The first-order valence-corrected chi connectivity index (χ1v) is 33.6. The molecule has 0 saturated heterocycles. The predicted molar refractivity (Wildman–Crippen MR) is 280 cm³/mol. The number of nitrogens with one attached hydrogen (secondary N) is 1. The summed E-state index contributed by atoms with van der Waals surface area (Å²) in [5, 5.41) is 11.0. The van der Waals surface area contributed by atoms with Crippen LogP contribution in [0.2, 0.25) is 36.3 Å². The van der Waals surface area contributed by atoms with Crippen molar-refractivity contribution in [1.29, 1.82) is 0 Å². The van der Waals surface area contributed by atoms with Crippen molar-refractivity contribution in [2.45, 2.75) is 161 Å². The first kappa shape index (κ1) is 50.2. The van der Waals surface area contributed by atoms with Crippen LogP contribution in [0.1, 0.15) is 124 Å². The zero-order chi connectivity index (χ0) is 44.3. The van der Waals surface area contributed by atoms with Crippen LogP contribution >= 0.6 is 14.7 Å². The van der Waals surface area contributed by atoms with Gasteiger partial charge in [-0.15, -0.1) is 0 Å². The molecule has 0 aromatic heterocycles. The molecular formula is C55H78F2NP2Si2+. The van der Waals surface area contributed by atoms with Gasteiger partial charge in [-0.3, -0.25) is 0 Å². The van der Waals surface area contributed by atoms with Gasteiger partial charge >= 0.3 is 0 Å². The van der Waals surface area contributed by atoms with Gasteiger partial charge in [0.25, 0.3) is 0 Å². The third-order valence-electron chi connectivity index (χ3n) is 13.6. The maximum Gasteiger partial charge on any atom is 0.173 e. The quantitative estimate of drug-likeness (QED) is 0.0389. The first-order valence-electron chi connectivity index (χ1n) is 24.5. The fraction of sp³-hybridized carbons (Fsp3) is 0.455. The minimum atomic E-state index is -2.88. The molecule has 7 heteroatoms. The molecule has 5 rings (SSSR count). The highest BCUT2D eigenvalue weighted by Gasteiger charge is 2.55. The van der Waals surface area contributed by atoms with Crippen LogP contribution < -0.4 is 36.7 Å². The van der Waals surface area contributed by atoms with Crippen molar-refractivity contribution in [2.75, 3.05) is 0 Å². The SMILES string of the molecule is CCCC[Si](CCCC)(CCCC)c1ccc([P+](NCc2ccccc2)(c2ccc([Si](CCCC)(CCCC)CCCC)cc2)P(c2ccccc2F)c2ccccc2F)cc1.